The van der Waals surface area contributed by atoms with Gasteiger partial charge in [-0.1, -0.05) is 25.1 Å². The largest absolute Gasteiger partial charge is 0.488 e. The molecule has 144 valence electrons. The van der Waals surface area contributed by atoms with E-state index < -0.39 is 10.0 Å². The van der Waals surface area contributed by atoms with Crippen LogP contribution in [0.2, 0.25) is 0 Å². The minimum Gasteiger partial charge on any atom is -0.488 e. The van der Waals surface area contributed by atoms with Gasteiger partial charge in [0, 0.05) is 13.0 Å². The van der Waals surface area contributed by atoms with E-state index in [9.17, 15) is 13.2 Å². The van der Waals surface area contributed by atoms with E-state index in [-0.39, 0.29) is 36.5 Å². The van der Waals surface area contributed by atoms with Crippen LogP contribution in [-0.4, -0.2) is 31.3 Å². The third-order valence-electron chi connectivity index (χ3n) is 4.44. The summed E-state index contributed by atoms with van der Waals surface area (Å²) in [7, 11) is -3.71. The second kappa shape index (κ2) is 7.70. The molecule has 1 aliphatic rings. The second-order valence-electron chi connectivity index (χ2n) is 6.59. The van der Waals surface area contributed by atoms with Crippen LogP contribution >= 0.6 is 0 Å². The average molecular weight is 389 g/mol. The number of nitrogens with zero attached hydrogens (tertiary/aromatic N) is 1. The molecule has 27 heavy (non-hydrogen) atoms. The number of ether oxygens (including phenoxy) is 2. The molecule has 1 heterocycles. The molecule has 0 fully saturated rings. The molecule has 0 saturated heterocycles. The van der Waals surface area contributed by atoms with Crippen LogP contribution in [0.15, 0.2) is 47.4 Å². The predicted molar refractivity (Wildman–Crippen MR) is 101 cm³/mol. The van der Waals surface area contributed by atoms with Crippen LogP contribution in [0.3, 0.4) is 0 Å². The molecule has 0 unspecified atom stereocenters. The van der Waals surface area contributed by atoms with Crippen molar-refractivity contribution in [3.63, 3.8) is 0 Å². The number of rotatable bonds is 4. The van der Waals surface area contributed by atoms with E-state index in [1.807, 2.05) is 19.9 Å². The molecule has 6 nitrogen and oxygen atoms in total. The molecule has 7 heteroatoms. The van der Waals surface area contributed by atoms with Gasteiger partial charge in [-0.2, -0.15) is 4.31 Å². The Morgan fingerprint density at radius 1 is 1.26 bits per heavy atom. The lowest BCUT2D eigenvalue weighted by atomic mass is 10.1. The molecule has 0 aromatic heterocycles. The normalized spacial score (nSPS) is 18.9. The molecular formula is C20H23NO5S. The Morgan fingerprint density at radius 2 is 2.00 bits per heavy atom. The quantitative estimate of drug-likeness (QED) is 0.593. The topological polar surface area (TPSA) is 72.9 Å². The van der Waals surface area contributed by atoms with E-state index in [0.717, 1.165) is 11.1 Å². The van der Waals surface area contributed by atoms with Gasteiger partial charge >= 0.3 is 5.97 Å². The highest BCUT2D eigenvalue weighted by molar-refractivity contribution is 7.89. The zero-order valence-electron chi connectivity index (χ0n) is 15.6. The standard InChI is InChI=1S/C20H23NO5S/c1-4-20(22)26-17-10-9-14(2)16(11-17)13-21-12-15(3)25-18-7-5-6-8-19(18)27(21,23)24/h5-11,15H,4,12-13H2,1-3H3/t15-/m1/s1. The van der Waals surface area contributed by atoms with Gasteiger partial charge in [0.2, 0.25) is 10.0 Å². The predicted octanol–water partition coefficient (Wildman–Crippen LogP) is 3.28. The van der Waals surface area contributed by atoms with E-state index in [2.05, 4.69) is 0 Å². The number of para-hydroxylation sites is 1. The minimum absolute atomic E-state index is 0.167. The molecule has 3 rings (SSSR count). The van der Waals surface area contributed by atoms with E-state index in [0.29, 0.717) is 11.5 Å². The highest BCUT2D eigenvalue weighted by Crippen LogP contribution is 2.32. The molecule has 0 aliphatic carbocycles. The maximum atomic E-state index is 13.2. The van der Waals surface area contributed by atoms with Gasteiger partial charge in [-0.15, -0.1) is 0 Å². The monoisotopic (exact) mass is 389 g/mol. The first-order valence-electron chi connectivity index (χ1n) is 8.87. The summed E-state index contributed by atoms with van der Waals surface area (Å²) in [6.45, 7) is 5.87. The van der Waals surface area contributed by atoms with E-state index in [4.69, 9.17) is 9.47 Å². The van der Waals surface area contributed by atoms with Crippen molar-refractivity contribution < 1.29 is 22.7 Å². The van der Waals surface area contributed by atoms with Crippen LogP contribution in [0.4, 0.5) is 0 Å². The van der Waals surface area contributed by atoms with Gasteiger partial charge in [0.25, 0.3) is 0 Å². The number of esters is 1. The zero-order valence-corrected chi connectivity index (χ0v) is 16.5. The van der Waals surface area contributed by atoms with Crippen molar-refractivity contribution in [2.45, 2.75) is 44.7 Å². The first-order valence-corrected chi connectivity index (χ1v) is 10.3. The van der Waals surface area contributed by atoms with Gasteiger partial charge in [-0.25, -0.2) is 8.42 Å². The number of carbonyl (C=O) groups excluding carboxylic acids is 1. The third kappa shape index (κ3) is 4.14. The maximum Gasteiger partial charge on any atom is 0.310 e. The van der Waals surface area contributed by atoms with Crippen LogP contribution in [0.25, 0.3) is 0 Å². The SMILES string of the molecule is CCC(=O)Oc1ccc(C)c(CN2C[C@@H](C)Oc3ccccc3S2(=O)=O)c1. The van der Waals surface area contributed by atoms with Gasteiger partial charge in [0.1, 0.15) is 22.5 Å². The van der Waals surface area contributed by atoms with Crippen molar-refractivity contribution in [3.8, 4) is 11.5 Å². The van der Waals surface area contributed by atoms with E-state index in [1.165, 1.54) is 4.31 Å². The zero-order chi connectivity index (χ0) is 19.6. The fourth-order valence-electron chi connectivity index (χ4n) is 2.96. The summed E-state index contributed by atoms with van der Waals surface area (Å²) in [6, 6.07) is 11.9. The minimum atomic E-state index is -3.71. The Morgan fingerprint density at radius 3 is 2.74 bits per heavy atom. The number of hydrogen-bond acceptors (Lipinski definition) is 5. The smallest absolute Gasteiger partial charge is 0.310 e. The van der Waals surface area contributed by atoms with Gasteiger partial charge in [-0.05, 0) is 49.2 Å². The second-order valence-corrected chi connectivity index (χ2v) is 8.50. The molecule has 0 N–H and O–H groups in total. The summed E-state index contributed by atoms with van der Waals surface area (Å²) < 4.78 is 38.8. The van der Waals surface area contributed by atoms with Crippen LogP contribution in [-0.2, 0) is 21.4 Å². The van der Waals surface area contributed by atoms with Crippen molar-refractivity contribution in [2.75, 3.05) is 6.54 Å². The first kappa shape index (κ1) is 19.4. The fraction of sp³-hybridized carbons (Fsp3) is 0.350. The number of sulfonamides is 1. The number of fused-ring (bicyclic) bond motifs is 1. The number of hydrogen-bond donors (Lipinski definition) is 0. The number of carbonyl (C=O) groups is 1. The highest BCUT2D eigenvalue weighted by atomic mass is 32.2. The van der Waals surface area contributed by atoms with Crippen molar-refractivity contribution in [1.29, 1.82) is 0 Å². The Kier molecular flexibility index (Phi) is 5.53. The van der Waals surface area contributed by atoms with Gasteiger partial charge < -0.3 is 9.47 Å². The molecule has 0 spiro atoms. The average Bonchev–Trinajstić information content (AvgIpc) is 2.72. The summed E-state index contributed by atoms with van der Waals surface area (Å²) in [5, 5.41) is 0. The lowest BCUT2D eigenvalue weighted by Gasteiger charge is -2.22. The van der Waals surface area contributed by atoms with Crippen LogP contribution < -0.4 is 9.47 Å². The van der Waals surface area contributed by atoms with Crippen molar-refractivity contribution >= 4 is 16.0 Å². The molecule has 2 aromatic rings. The Labute approximate surface area is 159 Å². The van der Waals surface area contributed by atoms with Gasteiger partial charge in [-0.3, -0.25) is 4.79 Å². The molecule has 0 saturated carbocycles. The van der Waals surface area contributed by atoms with Crippen molar-refractivity contribution in [1.82, 2.24) is 4.31 Å². The van der Waals surface area contributed by atoms with Gasteiger partial charge in [0.15, 0.2) is 0 Å². The Bertz CT molecular complexity index is 955. The summed E-state index contributed by atoms with van der Waals surface area (Å²) >= 11 is 0. The number of aryl methyl sites for hydroxylation is 1. The molecule has 0 amide bonds. The van der Waals surface area contributed by atoms with E-state index in [1.54, 1.807) is 43.3 Å². The molecule has 1 aliphatic heterocycles. The summed E-state index contributed by atoms with van der Waals surface area (Å²) in [6.07, 6.45) is -0.0140. The summed E-state index contributed by atoms with van der Waals surface area (Å²) in [4.78, 5) is 11.7. The van der Waals surface area contributed by atoms with Crippen LogP contribution in [0.1, 0.15) is 31.4 Å². The molecular weight excluding hydrogens is 366 g/mol. The maximum absolute atomic E-state index is 13.2. The summed E-state index contributed by atoms with van der Waals surface area (Å²) in [5.74, 6) is 0.456. The summed E-state index contributed by atoms with van der Waals surface area (Å²) in [5.41, 5.74) is 1.71. The Hall–Kier alpha value is -2.38. The molecule has 2 aromatic carbocycles. The van der Waals surface area contributed by atoms with Crippen LogP contribution in [0.5, 0.6) is 11.5 Å². The molecule has 0 radical (unpaired) electrons. The van der Waals surface area contributed by atoms with Gasteiger partial charge in [0.05, 0.1) is 6.54 Å². The Balaban J connectivity index is 1.95. The number of benzene rings is 2. The van der Waals surface area contributed by atoms with Crippen molar-refractivity contribution in [3.05, 3.63) is 53.6 Å². The van der Waals surface area contributed by atoms with E-state index >= 15 is 0 Å². The molecule has 0 bridgehead atoms. The van der Waals surface area contributed by atoms with Crippen LogP contribution in [0, 0.1) is 6.92 Å². The lowest BCUT2D eigenvalue weighted by molar-refractivity contribution is -0.134. The first-order chi connectivity index (χ1) is 12.8. The van der Waals surface area contributed by atoms with Crippen molar-refractivity contribution in [2.24, 2.45) is 0 Å². The lowest BCUT2D eigenvalue weighted by Crippen LogP contribution is -2.35. The molecule has 1 atom stereocenters. The third-order valence-corrected chi connectivity index (χ3v) is 6.29. The highest BCUT2D eigenvalue weighted by Gasteiger charge is 2.33. The fourth-order valence-corrected chi connectivity index (χ4v) is 4.58.